The Labute approximate surface area is 269 Å². The summed E-state index contributed by atoms with van der Waals surface area (Å²) in [6.45, 7) is 17.2. The molecule has 0 saturated carbocycles. The van der Waals surface area contributed by atoms with E-state index in [9.17, 15) is 23.2 Å². The zero-order chi connectivity index (χ0) is 33.7. The van der Waals surface area contributed by atoms with Crippen molar-refractivity contribution in [1.29, 1.82) is 0 Å². The number of fused-ring (bicyclic) bond motifs is 1. The van der Waals surface area contributed by atoms with Crippen LogP contribution in [-0.4, -0.2) is 99.8 Å². The van der Waals surface area contributed by atoms with Gasteiger partial charge in [0, 0.05) is 68.3 Å². The number of hydrogen-bond acceptors (Lipinski definition) is 7. The SMILES string of the molecule is CC1=C(C)C(=O)N(CC2CN(C(=O)OC(C)(C)C)C(C)CN2CC(=O)N2CC(C)(C)c3nnc(Cc4ccc(F)cc4F)cc32)C1. The van der Waals surface area contributed by atoms with Crippen molar-refractivity contribution in [3.63, 3.8) is 0 Å². The van der Waals surface area contributed by atoms with E-state index in [0.29, 0.717) is 49.8 Å². The summed E-state index contributed by atoms with van der Waals surface area (Å²) in [5.41, 5.74) is 2.63. The zero-order valence-electron chi connectivity index (χ0n) is 28.0. The zero-order valence-corrected chi connectivity index (χ0v) is 28.0. The van der Waals surface area contributed by atoms with Gasteiger partial charge in [0.25, 0.3) is 0 Å². The number of ether oxygens (including phenoxy) is 1. The number of aromatic nitrogens is 2. The molecule has 0 spiro atoms. The van der Waals surface area contributed by atoms with Crippen molar-refractivity contribution >= 4 is 23.6 Å². The van der Waals surface area contributed by atoms with E-state index < -0.39 is 28.7 Å². The first-order valence-electron chi connectivity index (χ1n) is 15.7. The molecule has 0 bridgehead atoms. The summed E-state index contributed by atoms with van der Waals surface area (Å²) in [5, 5.41) is 8.76. The molecule has 46 heavy (non-hydrogen) atoms. The summed E-state index contributed by atoms with van der Waals surface area (Å²) in [4.78, 5) is 47.6. The van der Waals surface area contributed by atoms with Crippen molar-refractivity contribution in [2.75, 3.05) is 44.2 Å². The second-order valence-corrected chi connectivity index (χ2v) is 14.5. The van der Waals surface area contributed by atoms with Crippen LogP contribution >= 0.6 is 0 Å². The molecule has 0 aliphatic carbocycles. The lowest BCUT2D eigenvalue weighted by Gasteiger charge is -2.46. The van der Waals surface area contributed by atoms with Gasteiger partial charge < -0.3 is 19.4 Å². The van der Waals surface area contributed by atoms with E-state index in [-0.39, 0.29) is 42.4 Å². The number of rotatable bonds is 6. The first-order chi connectivity index (χ1) is 21.4. The van der Waals surface area contributed by atoms with Crippen molar-refractivity contribution in [3.05, 3.63) is 64.0 Å². The fourth-order valence-corrected chi connectivity index (χ4v) is 6.44. The lowest BCUT2D eigenvalue weighted by Crippen LogP contribution is -2.63. The maximum atomic E-state index is 14.4. The first kappa shape index (κ1) is 33.4. The Morgan fingerprint density at radius 2 is 1.80 bits per heavy atom. The average Bonchev–Trinajstić information content (AvgIpc) is 3.36. The van der Waals surface area contributed by atoms with E-state index >= 15 is 0 Å². The molecule has 3 amide bonds. The minimum absolute atomic E-state index is 0.0369. The van der Waals surface area contributed by atoms with Crippen LogP contribution in [0.4, 0.5) is 19.3 Å². The summed E-state index contributed by atoms with van der Waals surface area (Å²) in [5.74, 6) is -1.52. The lowest BCUT2D eigenvalue weighted by molar-refractivity contribution is -0.127. The third-order valence-electron chi connectivity index (χ3n) is 9.03. The molecule has 1 saturated heterocycles. The fraction of sp³-hybridized carbons (Fsp3) is 0.559. The van der Waals surface area contributed by atoms with Gasteiger partial charge in [-0.25, -0.2) is 13.6 Å². The number of halogens is 2. The highest BCUT2D eigenvalue weighted by molar-refractivity contribution is 5.97. The standard InChI is InChI=1S/C34H44F2N6O4/c1-20-14-40(31(44)22(20)3)16-26-17-41(32(45)46-33(4,5)6)21(2)15-39(26)18-29(43)42-19-34(7,8)30-28(42)13-25(37-38-30)11-23-9-10-24(35)12-27(23)36/h9-10,12-13,21,26H,11,14-19H2,1-8H3. The molecule has 12 heteroatoms. The van der Waals surface area contributed by atoms with Gasteiger partial charge in [-0.3, -0.25) is 14.5 Å². The molecule has 1 fully saturated rings. The van der Waals surface area contributed by atoms with Gasteiger partial charge in [-0.1, -0.05) is 19.9 Å². The van der Waals surface area contributed by atoms with Gasteiger partial charge in [0.15, 0.2) is 0 Å². The van der Waals surface area contributed by atoms with Gasteiger partial charge in [0.2, 0.25) is 11.8 Å². The molecule has 3 aliphatic heterocycles. The van der Waals surface area contributed by atoms with Crippen LogP contribution in [0.15, 0.2) is 35.4 Å². The molecule has 5 rings (SSSR count). The van der Waals surface area contributed by atoms with Crippen LogP contribution in [0.1, 0.15) is 72.3 Å². The Hall–Kier alpha value is -3.93. The van der Waals surface area contributed by atoms with Crippen molar-refractivity contribution in [3.8, 4) is 0 Å². The second-order valence-electron chi connectivity index (χ2n) is 14.5. The van der Waals surface area contributed by atoms with Crippen LogP contribution in [0, 0.1) is 11.6 Å². The maximum absolute atomic E-state index is 14.4. The lowest BCUT2D eigenvalue weighted by atomic mass is 9.91. The van der Waals surface area contributed by atoms with E-state index in [1.165, 1.54) is 12.1 Å². The largest absolute Gasteiger partial charge is 0.444 e. The number of benzene rings is 1. The van der Waals surface area contributed by atoms with E-state index in [4.69, 9.17) is 4.74 Å². The Kier molecular flexibility index (Phi) is 8.98. The minimum Gasteiger partial charge on any atom is -0.444 e. The highest BCUT2D eigenvalue weighted by atomic mass is 19.1. The highest BCUT2D eigenvalue weighted by Gasteiger charge is 2.43. The van der Waals surface area contributed by atoms with E-state index in [2.05, 4.69) is 15.1 Å². The van der Waals surface area contributed by atoms with Gasteiger partial charge in [0.05, 0.1) is 23.6 Å². The third kappa shape index (κ3) is 6.91. The molecule has 2 atom stereocenters. The summed E-state index contributed by atoms with van der Waals surface area (Å²) in [6.07, 6.45) is -0.328. The molecule has 0 radical (unpaired) electrons. The van der Waals surface area contributed by atoms with Crippen LogP contribution < -0.4 is 4.90 Å². The minimum atomic E-state index is -0.668. The third-order valence-corrected chi connectivity index (χ3v) is 9.03. The van der Waals surface area contributed by atoms with E-state index in [0.717, 1.165) is 17.2 Å². The molecule has 2 aromatic rings. The number of amides is 3. The van der Waals surface area contributed by atoms with E-state index in [1.807, 2.05) is 55.4 Å². The molecule has 1 aromatic heterocycles. The predicted molar refractivity (Wildman–Crippen MR) is 169 cm³/mol. The van der Waals surface area contributed by atoms with Crippen LogP contribution in [0.2, 0.25) is 0 Å². The molecular weight excluding hydrogens is 594 g/mol. The molecular formula is C34H44F2N6O4. The summed E-state index contributed by atoms with van der Waals surface area (Å²) in [6, 6.07) is 4.64. The quantitative estimate of drug-likeness (QED) is 0.461. The van der Waals surface area contributed by atoms with E-state index in [1.54, 1.807) is 20.8 Å². The maximum Gasteiger partial charge on any atom is 0.410 e. The molecule has 10 nitrogen and oxygen atoms in total. The molecule has 248 valence electrons. The molecule has 0 N–H and O–H groups in total. The first-order valence-corrected chi connectivity index (χ1v) is 15.7. The summed E-state index contributed by atoms with van der Waals surface area (Å²) < 4.78 is 33.6. The summed E-state index contributed by atoms with van der Waals surface area (Å²) >= 11 is 0. The smallest absolute Gasteiger partial charge is 0.410 e. The number of piperazine rings is 1. The Morgan fingerprint density at radius 3 is 2.43 bits per heavy atom. The average molecular weight is 639 g/mol. The topological polar surface area (TPSA) is 99.2 Å². The van der Waals surface area contributed by atoms with Gasteiger partial charge in [-0.15, -0.1) is 0 Å². The van der Waals surface area contributed by atoms with Crippen molar-refractivity contribution < 1.29 is 27.9 Å². The van der Waals surface area contributed by atoms with Crippen molar-refractivity contribution in [2.24, 2.45) is 0 Å². The number of hydrogen-bond donors (Lipinski definition) is 0. The number of anilines is 1. The normalized spacial score (nSPS) is 21.7. The van der Waals surface area contributed by atoms with Crippen molar-refractivity contribution in [2.45, 2.75) is 84.9 Å². The number of carbonyl (C=O) groups is 3. The second kappa shape index (κ2) is 12.4. The molecule has 1 aromatic carbocycles. The highest BCUT2D eigenvalue weighted by Crippen LogP contribution is 2.39. The van der Waals surface area contributed by atoms with Gasteiger partial charge in [-0.2, -0.15) is 10.2 Å². The van der Waals surface area contributed by atoms with Gasteiger partial charge in [0.1, 0.15) is 17.2 Å². The Bertz CT molecular complexity index is 1590. The molecule has 3 aliphatic rings. The van der Waals surface area contributed by atoms with Gasteiger partial charge in [-0.05, 0) is 64.8 Å². The Balaban J connectivity index is 1.38. The van der Waals surface area contributed by atoms with Crippen LogP contribution in [0.3, 0.4) is 0 Å². The number of nitrogens with zero attached hydrogens (tertiary/aromatic N) is 6. The number of carbonyl (C=O) groups excluding carboxylic acids is 3. The van der Waals surface area contributed by atoms with Crippen LogP contribution in [0.25, 0.3) is 0 Å². The predicted octanol–water partition coefficient (Wildman–Crippen LogP) is 4.46. The fourth-order valence-electron chi connectivity index (χ4n) is 6.44. The molecule has 2 unspecified atom stereocenters. The van der Waals surface area contributed by atoms with Crippen LogP contribution in [0.5, 0.6) is 0 Å². The van der Waals surface area contributed by atoms with Crippen molar-refractivity contribution in [1.82, 2.24) is 24.9 Å². The molecule has 4 heterocycles. The Morgan fingerprint density at radius 1 is 1.09 bits per heavy atom. The van der Waals surface area contributed by atoms with Gasteiger partial charge >= 0.3 is 6.09 Å². The van der Waals surface area contributed by atoms with Crippen LogP contribution in [-0.2, 0) is 26.2 Å². The monoisotopic (exact) mass is 638 g/mol. The summed E-state index contributed by atoms with van der Waals surface area (Å²) in [7, 11) is 0.